The number of rotatable bonds is 5. The summed E-state index contributed by atoms with van der Waals surface area (Å²) in [5.41, 5.74) is 0.534. The highest BCUT2D eigenvalue weighted by Crippen LogP contribution is 2.47. The van der Waals surface area contributed by atoms with Crippen LogP contribution in [0.15, 0.2) is 21.3 Å². The molecule has 0 radical (unpaired) electrons. The lowest BCUT2D eigenvalue weighted by Gasteiger charge is -2.38. The quantitative estimate of drug-likeness (QED) is 0.375. The van der Waals surface area contributed by atoms with Crippen molar-refractivity contribution in [2.24, 2.45) is 10.4 Å². The molecule has 0 amide bonds. The Morgan fingerprint density at radius 1 is 1.35 bits per heavy atom. The van der Waals surface area contributed by atoms with E-state index in [0.29, 0.717) is 16.2 Å². The molecule has 26 heavy (non-hydrogen) atoms. The normalized spacial score (nSPS) is 19.5. The molecular weight excluding hydrogens is 483 g/mol. The van der Waals surface area contributed by atoms with Gasteiger partial charge in [0.1, 0.15) is 4.21 Å². The van der Waals surface area contributed by atoms with Crippen molar-refractivity contribution < 1.29 is 8.42 Å². The summed E-state index contributed by atoms with van der Waals surface area (Å²) in [4.78, 5) is 8.10. The number of sulfonamides is 1. The first-order chi connectivity index (χ1) is 11.9. The third-order valence-corrected chi connectivity index (χ3v) is 8.60. The molecule has 0 bridgehead atoms. The molecule has 0 unspecified atom stereocenters. The minimum Gasteiger partial charge on any atom is -0.357 e. The Bertz CT molecular complexity index is 742. The number of guanidine groups is 1. The molecule has 148 valence electrons. The smallest absolute Gasteiger partial charge is 0.252 e. The Morgan fingerprint density at radius 2 is 2.08 bits per heavy atom. The zero-order chi connectivity index (χ0) is 18.1. The average molecular weight is 512 g/mol. The molecule has 3 rings (SSSR count). The number of nitrogens with zero attached hydrogens (tertiary/aromatic N) is 3. The predicted molar refractivity (Wildman–Crippen MR) is 118 cm³/mol. The van der Waals surface area contributed by atoms with Crippen LogP contribution in [0.1, 0.15) is 37.5 Å². The maximum absolute atomic E-state index is 12.2. The summed E-state index contributed by atoms with van der Waals surface area (Å²) >= 11 is 1.30. The van der Waals surface area contributed by atoms with Gasteiger partial charge in [-0.05, 0) is 43.7 Å². The Morgan fingerprint density at radius 3 is 2.62 bits per heavy atom. The van der Waals surface area contributed by atoms with Crippen molar-refractivity contribution in [3.05, 3.63) is 17.0 Å². The third-order valence-electron chi connectivity index (χ3n) is 5.24. The molecule has 1 aromatic heterocycles. The van der Waals surface area contributed by atoms with Gasteiger partial charge in [-0.3, -0.25) is 0 Å². The van der Waals surface area contributed by atoms with Crippen molar-refractivity contribution in [3.63, 3.8) is 0 Å². The summed E-state index contributed by atoms with van der Waals surface area (Å²) in [6.07, 6.45) is 5.32. The van der Waals surface area contributed by atoms with E-state index in [1.165, 1.54) is 41.3 Å². The highest BCUT2D eigenvalue weighted by molar-refractivity contribution is 14.0. The number of likely N-dealkylation sites (tertiary alicyclic amines) is 1. The Labute approximate surface area is 178 Å². The number of nitrogens with one attached hydrogen (secondary N) is 1. The Hall–Kier alpha value is -0.390. The molecule has 1 saturated heterocycles. The van der Waals surface area contributed by atoms with E-state index in [1.807, 2.05) is 6.07 Å². The summed E-state index contributed by atoms with van der Waals surface area (Å²) in [5.74, 6) is 0.955. The molecule has 1 aliphatic carbocycles. The molecule has 2 fully saturated rings. The Balaban J connectivity index is 0.00000243. The molecule has 6 nitrogen and oxygen atoms in total. The zero-order valence-corrected chi connectivity index (χ0v) is 19.7. The van der Waals surface area contributed by atoms with E-state index >= 15 is 0 Å². The van der Waals surface area contributed by atoms with Crippen LogP contribution >= 0.6 is 35.3 Å². The van der Waals surface area contributed by atoms with Crippen LogP contribution in [-0.2, 0) is 16.6 Å². The maximum atomic E-state index is 12.2. The van der Waals surface area contributed by atoms with E-state index in [9.17, 15) is 8.42 Å². The van der Waals surface area contributed by atoms with Gasteiger partial charge in [-0.1, -0.05) is 6.42 Å². The van der Waals surface area contributed by atoms with E-state index in [-0.39, 0.29) is 24.0 Å². The minimum absolute atomic E-state index is 0. The Kier molecular flexibility index (Phi) is 7.37. The lowest BCUT2D eigenvalue weighted by molar-refractivity contribution is 0.151. The first kappa shape index (κ1) is 21.9. The monoisotopic (exact) mass is 512 g/mol. The van der Waals surface area contributed by atoms with E-state index in [1.54, 1.807) is 20.2 Å². The van der Waals surface area contributed by atoms with Crippen molar-refractivity contribution >= 4 is 51.3 Å². The highest BCUT2D eigenvalue weighted by atomic mass is 127. The molecule has 1 saturated carbocycles. The molecule has 9 heteroatoms. The van der Waals surface area contributed by atoms with Crippen LogP contribution in [0.5, 0.6) is 0 Å². The van der Waals surface area contributed by atoms with Crippen LogP contribution in [0.25, 0.3) is 0 Å². The van der Waals surface area contributed by atoms with Crippen LogP contribution < -0.4 is 5.32 Å². The van der Waals surface area contributed by atoms with Crippen molar-refractivity contribution in [1.29, 1.82) is 0 Å². The first-order valence-corrected chi connectivity index (χ1v) is 11.2. The molecule has 1 spiro atoms. The van der Waals surface area contributed by atoms with Gasteiger partial charge in [0.15, 0.2) is 5.96 Å². The molecule has 1 aliphatic heterocycles. The summed E-state index contributed by atoms with van der Waals surface area (Å²) in [7, 11) is -0.244. The van der Waals surface area contributed by atoms with Gasteiger partial charge in [0.25, 0.3) is 10.0 Å². The van der Waals surface area contributed by atoms with Crippen molar-refractivity contribution in [3.8, 4) is 0 Å². The van der Waals surface area contributed by atoms with Crippen molar-refractivity contribution in [2.45, 2.75) is 43.4 Å². The van der Waals surface area contributed by atoms with Gasteiger partial charge >= 0.3 is 0 Å². The summed E-state index contributed by atoms with van der Waals surface area (Å²) in [6.45, 7) is 5.60. The number of aliphatic imine (C=N–C) groups is 1. The number of hydrogen-bond acceptors (Lipinski definition) is 4. The molecular formula is C17H29IN4O2S2. The second kappa shape index (κ2) is 8.74. The standard InChI is InChI=1S/C17H28N4O2S2.HI/c1-4-18-16(21-11-10-17(13-21)8-5-9-17)19-12-14-6-7-15(24-14)25(22,23)20(2)3;/h6-7H,4-5,8-13H2,1-3H3,(H,18,19);1H. The van der Waals surface area contributed by atoms with Crippen LogP contribution in [-0.4, -0.2) is 57.3 Å². The third kappa shape index (κ3) is 4.53. The zero-order valence-electron chi connectivity index (χ0n) is 15.7. The van der Waals surface area contributed by atoms with Crippen molar-refractivity contribution in [1.82, 2.24) is 14.5 Å². The molecule has 0 aromatic carbocycles. The SMILES string of the molecule is CCNC(=NCc1ccc(S(=O)(=O)N(C)C)s1)N1CCC2(CCC2)C1.I. The highest BCUT2D eigenvalue weighted by Gasteiger charge is 2.43. The van der Waals surface area contributed by atoms with Crippen LogP contribution in [0, 0.1) is 5.41 Å². The van der Waals surface area contributed by atoms with Gasteiger partial charge in [0.2, 0.25) is 0 Å². The summed E-state index contributed by atoms with van der Waals surface area (Å²) < 4.78 is 26.0. The lowest BCUT2D eigenvalue weighted by Crippen LogP contribution is -2.42. The number of halogens is 1. The van der Waals surface area contributed by atoms with E-state index in [0.717, 1.165) is 30.5 Å². The topological polar surface area (TPSA) is 65.0 Å². The fraction of sp³-hybridized carbons (Fsp3) is 0.706. The minimum atomic E-state index is -3.35. The lowest BCUT2D eigenvalue weighted by atomic mass is 9.68. The number of hydrogen-bond donors (Lipinski definition) is 1. The molecule has 0 atom stereocenters. The van der Waals surface area contributed by atoms with Crippen LogP contribution in [0.4, 0.5) is 0 Å². The molecule has 2 heterocycles. The maximum Gasteiger partial charge on any atom is 0.252 e. The van der Waals surface area contributed by atoms with Gasteiger partial charge in [-0.25, -0.2) is 17.7 Å². The predicted octanol–water partition coefficient (Wildman–Crippen LogP) is 2.96. The number of thiophene rings is 1. The summed E-state index contributed by atoms with van der Waals surface area (Å²) in [5, 5.41) is 3.39. The van der Waals surface area contributed by atoms with E-state index in [2.05, 4.69) is 17.1 Å². The van der Waals surface area contributed by atoms with Crippen molar-refractivity contribution in [2.75, 3.05) is 33.7 Å². The van der Waals surface area contributed by atoms with Gasteiger partial charge < -0.3 is 10.2 Å². The van der Waals surface area contributed by atoms with Crippen LogP contribution in [0.3, 0.4) is 0 Å². The molecule has 1 N–H and O–H groups in total. The largest absolute Gasteiger partial charge is 0.357 e. The fourth-order valence-corrected chi connectivity index (χ4v) is 5.99. The van der Waals surface area contributed by atoms with E-state index in [4.69, 9.17) is 4.99 Å². The van der Waals surface area contributed by atoms with Gasteiger partial charge in [-0.2, -0.15) is 0 Å². The average Bonchev–Trinajstić information content (AvgIpc) is 3.18. The molecule has 1 aromatic rings. The second-order valence-electron chi connectivity index (χ2n) is 7.20. The fourth-order valence-electron chi connectivity index (χ4n) is 3.54. The van der Waals surface area contributed by atoms with Gasteiger partial charge in [0, 0.05) is 38.6 Å². The summed E-state index contributed by atoms with van der Waals surface area (Å²) in [6, 6.07) is 3.54. The molecule has 2 aliphatic rings. The van der Waals surface area contributed by atoms with E-state index < -0.39 is 10.0 Å². The van der Waals surface area contributed by atoms with Crippen LogP contribution in [0.2, 0.25) is 0 Å². The van der Waals surface area contributed by atoms with Gasteiger partial charge in [-0.15, -0.1) is 35.3 Å². The van der Waals surface area contributed by atoms with Gasteiger partial charge in [0.05, 0.1) is 6.54 Å². The first-order valence-electron chi connectivity index (χ1n) is 8.91. The second-order valence-corrected chi connectivity index (χ2v) is 10.8.